The summed E-state index contributed by atoms with van der Waals surface area (Å²) in [6.07, 6.45) is 3.41. The van der Waals surface area contributed by atoms with Crippen LogP contribution in [0.1, 0.15) is 10.4 Å². The van der Waals surface area contributed by atoms with E-state index in [9.17, 15) is 4.79 Å². The van der Waals surface area contributed by atoms with Gasteiger partial charge in [-0.05, 0) is 26.2 Å². The van der Waals surface area contributed by atoms with E-state index in [-0.39, 0.29) is 5.56 Å². The number of anilines is 4. The number of rotatable bonds is 9. The molecule has 3 N–H and O–H groups in total. The molecular formula is C27H33N7O3. The topological polar surface area (TPSA) is 111 Å². The zero-order valence-corrected chi connectivity index (χ0v) is 22.1. The van der Waals surface area contributed by atoms with Gasteiger partial charge in [-0.15, -0.1) is 0 Å². The van der Waals surface area contributed by atoms with Crippen LogP contribution in [0.3, 0.4) is 0 Å². The van der Waals surface area contributed by atoms with Crippen LogP contribution in [0, 0.1) is 0 Å². The highest BCUT2D eigenvalue weighted by Crippen LogP contribution is 2.37. The van der Waals surface area contributed by atoms with E-state index in [0.29, 0.717) is 28.8 Å². The first-order valence-corrected chi connectivity index (χ1v) is 11.8. The van der Waals surface area contributed by atoms with Gasteiger partial charge in [0.05, 0.1) is 37.0 Å². The van der Waals surface area contributed by atoms with E-state index in [1.165, 1.54) is 13.3 Å². The zero-order chi connectivity index (χ0) is 26.7. The van der Waals surface area contributed by atoms with Crippen molar-refractivity contribution in [1.82, 2.24) is 19.4 Å². The van der Waals surface area contributed by atoms with Crippen molar-refractivity contribution in [2.75, 3.05) is 64.4 Å². The molecule has 2 heterocycles. The Hall–Kier alpha value is -4.31. The lowest BCUT2D eigenvalue weighted by molar-refractivity contribution is 0.0601. The third-order valence-corrected chi connectivity index (χ3v) is 6.24. The first kappa shape index (κ1) is 25.8. The van der Waals surface area contributed by atoms with Gasteiger partial charge >= 0.3 is 5.97 Å². The smallest absolute Gasteiger partial charge is 0.341 e. The van der Waals surface area contributed by atoms with E-state index in [2.05, 4.69) is 20.1 Å². The normalized spacial score (nSPS) is 11.1. The number of hydrogen-bond donors (Lipinski definition) is 2. The maximum absolute atomic E-state index is 12.6. The van der Waals surface area contributed by atoms with E-state index < -0.39 is 5.97 Å². The Morgan fingerprint density at radius 2 is 1.89 bits per heavy atom. The number of fused-ring (bicyclic) bond motifs is 1. The molecule has 0 fully saturated rings. The van der Waals surface area contributed by atoms with Crippen molar-refractivity contribution in [3.05, 3.63) is 54.4 Å². The second kappa shape index (κ2) is 10.8. The Morgan fingerprint density at radius 3 is 2.59 bits per heavy atom. The number of nitrogens with one attached hydrogen (secondary N) is 1. The number of carbonyl (C=O) groups is 1. The monoisotopic (exact) mass is 503 g/mol. The Balaban J connectivity index is 1.75. The minimum atomic E-state index is -0.513. The molecular weight excluding hydrogens is 470 g/mol. The highest BCUT2D eigenvalue weighted by atomic mass is 16.5. The van der Waals surface area contributed by atoms with Crippen molar-refractivity contribution in [2.45, 2.75) is 0 Å². The SMILES string of the molecule is COC(=O)c1cnc(Nc2cc(N)c(N(C)CCN(C)C)cc2OC)nc1-c1cn(C)c2ccccc12. The Bertz CT molecular complexity index is 1430. The Kier molecular flexibility index (Phi) is 7.49. The maximum atomic E-state index is 12.6. The third kappa shape index (κ3) is 5.29. The summed E-state index contributed by atoms with van der Waals surface area (Å²) >= 11 is 0. The first-order chi connectivity index (χ1) is 17.7. The molecule has 4 rings (SSSR count). The lowest BCUT2D eigenvalue weighted by atomic mass is 10.1. The van der Waals surface area contributed by atoms with Gasteiger partial charge < -0.3 is 34.9 Å². The predicted molar refractivity (Wildman–Crippen MR) is 148 cm³/mol. The number of carbonyl (C=O) groups excluding carboxylic acids is 1. The number of esters is 1. The van der Waals surface area contributed by atoms with Crippen molar-refractivity contribution in [2.24, 2.45) is 7.05 Å². The second-order valence-corrected chi connectivity index (χ2v) is 9.08. The quantitative estimate of drug-likeness (QED) is 0.261. The predicted octanol–water partition coefficient (Wildman–Crippen LogP) is 3.75. The van der Waals surface area contributed by atoms with Crippen LogP contribution < -0.4 is 20.7 Å². The standard InChI is InChI=1S/C27H33N7O3/c1-32(2)11-12-33(3)23-14-24(36-5)21(13-20(23)28)30-27-29-15-18(26(35)37-6)25(31-27)19-16-34(4)22-10-8-7-9-17(19)22/h7-10,13-16H,11-12,28H2,1-6H3,(H,29,30,31). The fourth-order valence-corrected chi connectivity index (χ4v) is 4.21. The molecule has 0 unspecified atom stereocenters. The van der Waals surface area contributed by atoms with Crippen LogP contribution >= 0.6 is 0 Å². The van der Waals surface area contributed by atoms with Crippen LogP contribution in [0.5, 0.6) is 5.75 Å². The van der Waals surface area contributed by atoms with Crippen molar-refractivity contribution < 1.29 is 14.3 Å². The highest BCUT2D eigenvalue weighted by molar-refractivity contribution is 6.02. The van der Waals surface area contributed by atoms with Gasteiger partial charge in [-0.25, -0.2) is 14.8 Å². The minimum absolute atomic E-state index is 0.272. The van der Waals surface area contributed by atoms with E-state index in [0.717, 1.165) is 35.2 Å². The number of aryl methyl sites for hydroxylation is 1. The summed E-state index contributed by atoms with van der Waals surface area (Å²) in [5.74, 6) is 0.372. The fraction of sp³-hybridized carbons (Fsp3) is 0.296. The van der Waals surface area contributed by atoms with Crippen LogP contribution in [0.25, 0.3) is 22.2 Å². The van der Waals surface area contributed by atoms with E-state index in [4.69, 9.17) is 20.2 Å². The highest BCUT2D eigenvalue weighted by Gasteiger charge is 2.21. The summed E-state index contributed by atoms with van der Waals surface area (Å²) < 4.78 is 12.7. The number of nitrogen functional groups attached to an aromatic ring is 1. The molecule has 0 aliphatic rings. The number of benzene rings is 2. The summed E-state index contributed by atoms with van der Waals surface area (Å²) in [5, 5.41) is 4.18. The number of hydrogen-bond acceptors (Lipinski definition) is 9. The molecule has 0 radical (unpaired) electrons. The van der Waals surface area contributed by atoms with E-state index in [1.807, 2.05) is 69.3 Å². The maximum Gasteiger partial charge on any atom is 0.341 e. The number of ether oxygens (including phenoxy) is 2. The van der Waals surface area contributed by atoms with Gasteiger partial charge in [-0.2, -0.15) is 0 Å². The fourth-order valence-electron chi connectivity index (χ4n) is 4.21. The largest absolute Gasteiger partial charge is 0.494 e. The van der Waals surface area contributed by atoms with Crippen molar-refractivity contribution in [3.63, 3.8) is 0 Å². The average molecular weight is 504 g/mol. The Labute approximate surface area is 216 Å². The van der Waals surface area contributed by atoms with Crippen LogP contribution in [-0.4, -0.2) is 73.9 Å². The Morgan fingerprint density at radius 1 is 1.14 bits per heavy atom. The van der Waals surface area contributed by atoms with Crippen molar-refractivity contribution in [1.29, 1.82) is 0 Å². The molecule has 0 saturated heterocycles. The number of nitrogens with two attached hydrogens (primary N) is 1. The molecule has 0 bridgehead atoms. The van der Waals surface area contributed by atoms with E-state index >= 15 is 0 Å². The summed E-state index contributed by atoms with van der Waals surface area (Å²) in [4.78, 5) is 25.9. The van der Waals surface area contributed by atoms with Crippen molar-refractivity contribution in [3.8, 4) is 17.0 Å². The zero-order valence-electron chi connectivity index (χ0n) is 22.1. The third-order valence-electron chi connectivity index (χ3n) is 6.24. The van der Waals surface area contributed by atoms with Gasteiger partial charge in [0, 0.05) is 62.1 Å². The van der Waals surface area contributed by atoms with Gasteiger partial charge in [0.15, 0.2) is 0 Å². The first-order valence-electron chi connectivity index (χ1n) is 11.8. The second-order valence-electron chi connectivity index (χ2n) is 9.08. The minimum Gasteiger partial charge on any atom is -0.494 e. The lowest BCUT2D eigenvalue weighted by Crippen LogP contribution is -2.29. The van der Waals surface area contributed by atoms with Crippen LogP contribution in [-0.2, 0) is 11.8 Å². The van der Waals surface area contributed by atoms with Crippen molar-refractivity contribution >= 4 is 39.9 Å². The van der Waals surface area contributed by atoms with Gasteiger partial charge in [-0.3, -0.25) is 0 Å². The summed E-state index contributed by atoms with van der Waals surface area (Å²) in [7, 11) is 10.9. The van der Waals surface area contributed by atoms with Gasteiger partial charge in [-0.1, -0.05) is 18.2 Å². The van der Waals surface area contributed by atoms with Crippen LogP contribution in [0.15, 0.2) is 48.8 Å². The van der Waals surface area contributed by atoms with Crippen LogP contribution in [0.4, 0.5) is 23.0 Å². The molecule has 0 saturated carbocycles. The number of nitrogens with zero attached hydrogens (tertiary/aromatic N) is 5. The molecule has 0 aliphatic carbocycles. The molecule has 0 amide bonds. The molecule has 10 heteroatoms. The summed E-state index contributed by atoms with van der Waals surface area (Å²) in [6.45, 7) is 1.69. The van der Waals surface area contributed by atoms with Gasteiger partial charge in [0.25, 0.3) is 0 Å². The molecule has 10 nitrogen and oxygen atoms in total. The number of aromatic nitrogens is 3. The number of likely N-dealkylation sites (N-methyl/N-ethyl adjacent to an activating group) is 2. The number of para-hydroxylation sites is 1. The van der Waals surface area contributed by atoms with E-state index in [1.54, 1.807) is 13.2 Å². The summed E-state index contributed by atoms with van der Waals surface area (Å²) in [5.41, 5.74) is 11.0. The molecule has 2 aromatic heterocycles. The molecule has 4 aromatic rings. The summed E-state index contributed by atoms with van der Waals surface area (Å²) in [6, 6.07) is 11.6. The average Bonchev–Trinajstić information content (AvgIpc) is 3.23. The van der Waals surface area contributed by atoms with Crippen LogP contribution in [0.2, 0.25) is 0 Å². The molecule has 37 heavy (non-hydrogen) atoms. The lowest BCUT2D eigenvalue weighted by Gasteiger charge is -2.24. The molecule has 2 aromatic carbocycles. The van der Waals surface area contributed by atoms with Gasteiger partial charge in [0.1, 0.15) is 11.3 Å². The molecule has 0 atom stereocenters. The number of methoxy groups -OCH3 is 2. The molecule has 0 spiro atoms. The van der Waals surface area contributed by atoms with Gasteiger partial charge in [0.2, 0.25) is 5.95 Å². The molecule has 0 aliphatic heterocycles. The molecule has 194 valence electrons.